The molecule has 1 atom stereocenters. The Labute approximate surface area is 123 Å². The number of amides is 2. The van der Waals surface area contributed by atoms with Crippen molar-refractivity contribution in [1.82, 2.24) is 30.5 Å². The first kappa shape index (κ1) is 14.9. The number of nitrogens with zero attached hydrogens (tertiary/aromatic N) is 5. The summed E-state index contributed by atoms with van der Waals surface area (Å²) in [5, 5.41) is 17.0. The van der Waals surface area contributed by atoms with Crippen LogP contribution in [0.2, 0.25) is 0 Å². The van der Waals surface area contributed by atoms with Crippen molar-refractivity contribution in [3.05, 3.63) is 30.1 Å². The van der Waals surface area contributed by atoms with Crippen molar-refractivity contribution in [2.45, 2.75) is 39.3 Å². The lowest BCUT2D eigenvalue weighted by atomic mass is 10.2. The fourth-order valence-electron chi connectivity index (χ4n) is 1.74. The zero-order valence-electron chi connectivity index (χ0n) is 12.3. The molecule has 0 aliphatic carbocycles. The van der Waals surface area contributed by atoms with Crippen molar-refractivity contribution in [1.29, 1.82) is 0 Å². The highest BCUT2D eigenvalue weighted by Gasteiger charge is 2.12. The number of anilines is 1. The summed E-state index contributed by atoms with van der Waals surface area (Å²) in [5.41, 5.74) is 0.925. The van der Waals surface area contributed by atoms with Gasteiger partial charge in [0.25, 0.3) is 5.95 Å². The van der Waals surface area contributed by atoms with E-state index in [9.17, 15) is 4.79 Å². The molecular weight excluding hydrogens is 270 g/mol. The van der Waals surface area contributed by atoms with E-state index in [0.717, 1.165) is 5.69 Å². The van der Waals surface area contributed by atoms with Crippen LogP contribution in [0.15, 0.2) is 24.4 Å². The first-order valence-electron chi connectivity index (χ1n) is 6.81. The van der Waals surface area contributed by atoms with Gasteiger partial charge < -0.3 is 5.32 Å². The molecule has 0 radical (unpaired) electrons. The van der Waals surface area contributed by atoms with E-state index in [1.54, 1.807) is 6.20 Å². The molecule has 0 aliphatic heterocycles. The third-order valence-electron chi connectivity index (χ3n) is 2.73. The summed E-state index contributed by atoms with van der Waals surface area (Å²) >= 11 is 0. The van der Waals surface area contributed by atoms with Crippen LogP contribution in [-0.4, -0.2) is 37.3 Å². The molecular formula is C13H19N7O. The van der Waals surface area contributed by atoms with Gasteiger partial charge in [0, 0.05) is 24.4 Å². The molecule has 21 heavy (non-hydrogen) atoms. The van der Waals surface area contributed by atoms with E-state index in [2.05, 4.69) is 31.0 Å². The Bertz CT molecular complexity index is 581. The molecule has 8 nitrogen and oxygen atoms in total. The monoisotopic (exact) mass is 289 g/mol. The van der Waals surface area contributed by atoms with E-state index >= 15 is 0 Å². The molecule has 112 valence electrons. The molecule has 0 aromatic carbocycles. The van der Waals surface area contributed by atoms with Crippen LogP contribution in [0.5, 0.6) is 0 Å². The average Bonchev–Trinajstić information content (AvgIpc) is 2.88. The fraction of sp³-hybridized carbons (Fsp3) is 0.462. The van der Waals surface area contributed by atoms with Gasteiger partial charge in [-0.25, -0.2) is 4.79 Å². The molecule has 1 unspecified atom stereocenters. The van der Waals surface area contributed by atoms with Crippen molar-refractivity contribution >= 4 is 12.0 Å². The quantitative estimate of drug-likeness (QED) is 0.867. The lowest BCUT2D eigenvalue weighted by molar-refractivity contribution is 0.249. The predicted octanol–water partition coefficient (Wildman–Crippen LogP) is 1.40. The Morgan fingerprint density at radius 3 is 2.76 bits per heavy atom. The number of carbonyl (C=O) groups is 1. The second kappa shape index (κ2) is 6.78. The topological polar surface area (TPSA) is 97.6 Å². The van der Waals surface area contributed by atoms with E-state index in [1.807, 2.05) is 39.0 Å². The summed E-state index contributed by atoms with van der Waals surface area (Å²) in [6.07, 6.45) is 2.39. The highest BCUT2D eigenvalue weighted by molar-refractivity contribution is 5.87. The molecule has 2 aromatic rings. The molecule has 2 heterocycles. The summed E-state index contributed by atoms with van der Waals surface area (Å²) in [6.45, 7) is 5.77. The number of aromatic nitrogens is 5. The number of hydrogen-bond acceptors (Lipinski definition) is 5. The molecule has 2 rings (SSSR count). The molecule has 0 bridgehead atoms. The maximum atomic E-state index is 11.8. The van der Waals surface area contributed by atoms with Crippen molar-refractivity contribution in [2.24, 2.45) is 0 Å². The minimum Gasteiger partial charge on any atom is -0.335 e. The van der Waals surface area contributed by atoms with Crippen molar-refractivity contribution in [3.63, 3.8) is 0 Å². The summed E-state index contributed by atoms with van der Waals surface area (Å²) in [7, 11) is 0. The van der Waals surface area contributed by atoms with E-state index in [-0.39, 0.29) is 24.1 Å². The first-order valence-corrected chi connectivity index (χ1v) is 6.81. The van der Waals surface area contributed by atoms with Crippen LogP contribution in [0.4, 0.5) is 10.7 Å². The molecule has 2 aromatic heterocycles. The van der Waals surface area contributed by atoms with Crippen molar-refractivity contribution < 1.29 is 4.79 Å². The van der Waals surface area contributed by atoms with Gasteiger partial charge in [-0.15, -0.1) is 5.10 Å². The highest BCUT2D eigenvalue weighted by Crippen LogP contribution is 2.02. The van der Waals surface area contributed by atoms with E-state index in [0.29, 0.717) is 6.42 Å². The minimum atomic E-state index is -0.360. The summed E-state index contributed by atoms with van der Waals surface area (Å²) < 4.78 is 0. The maximum Gasteiger partial charge on any atom is 0.321 e. The number of nitrogens with one attached hydrogen (secondary N) is 2. The minimum absolute atomic E-state index is 0.0555. The number of rotatable bonds is 5. The van der Waals surface area contributed by atoms with Crippen LogP contribution >= 0.6 is 0 Å². The van der Waals surface area contributed by atoms with E-state index in [1.165, 1.54) is 4.80 Å². The van der Waals surface area contributed by atoms with Gasteiger partial charge >= 0.3 is 6.03 Å². The molecule has 0 saturated heterocycles. The Kier molecular flexibility index (Phi) is 4.81. The number of hydrogen-bond donors (Lipinski definition) is 2. The van der Waals surface area contributed by atoms with Crippen molar-refractivity contribution in [2.75, 3.05) is 5.32 Å². The summed E-state index contributed by atoms with van der Waals surface area (Å²) in [5.74, 6) is 0.186. The van der Waals surface area contributed by atoms with Crippen LogP contribution < -0.4 is 10.6 Å². The number of urea groups is 1. The van der Waals surface area contributed by atoms with Gasteiger partial charge in [-0.2, -0.15) is 4.80 Å². The van der Waals surface area contributed by atoms with Gasteiger partial charge in [0.05, 0.1) is 6.04 Å². The highest BCUT2D eigenvalue weighted by atomic mass is 16.2. The smallest absolute Gasteiger partial charge is 0.321 e. The zero-order chi connectivity index (χ0) is 15.2. The number of tetrazole rings is 1. The Morgan fingerprint density at radius 1 is 1.33 bits per heavy atom. The molecule has 0 aliphatic rings. The van der Waals surface area contributed by atoms with Gasteiger partial charge in [0.1, 0.15) is 0 Å². The third kappa shape index (κ3) is 4.51. The number of pyridine rings is 1. The Balaban J connectivity index is 1.83. The molecule has 2 N–H and O–H groups in total. The van der Waals surface area contributed by atoms with Crippen LogP contribution in [0.25, 0.3) is 0 Å². The van der Waals surface area contributed by atoms with Gasteiger partial charge in [-0.05, 0) is 38.1 Å². The second-order valence-electron chi connectivity index (χ2n) is 5.05. The summed E-state index contributed by atoms with van der Waals surface area (Å²) in [4.78, 5) is 17.5. The second-order valence-corrected chi connectivity index (χ2v) is 5.05. The van der Waals surface area contributed by atoms with E-state index in [4.69, 9.17) is 0 Å². The Morgan fingerprint density at radius 2 is 2.14 bits per heavy atom. The normalized spacial score (nSPS) is 12.2. The molecule has 0 saturated carbocycles. The lowest BCUT2D eigenvalue weighted by Crippen LogP contribution is -2.37. The van der Waals surface area contributed by atoms with Crippen LogP contribution in [-0.2, 0) is 6.42 Å². The van der Waals surface area contributed by atoms with Crippen molar-refractivity contribution in [3.8, 4) is 0 Å². The van der Waals surface area contributed by atoms with Crippen LogP contribution in [0, 0.1) is 0 Å². The van der Waals surface area contributed by atoms with Gasteiger partial charge in [0.15, 0.2) is 0 Å². The van der Waals surface area contributed by atoms with Gasteiger partial charge in [-0.3, -0.25) is 10.3 Å². The van der Waals surface area contributed by atoms with Crippen LogP contribution in [0.1, 0.15) is 32.5 Å². The molecule has 2 amide bonds. The molecule has 8 heteroatoms. The van der Waals surface area contributed by atoms with Gasteiger partial charge in [-0.1, -0.05) is 11.2 Å². The Hall–Kier alpha value is -2.51. The predicted molar refractivity (Wildman–Crippen MR) is 77.8 cm³/mol. The maximum absolute atomic E-state index is 11.8. The largest absolute Gasteiger partial charge is 0.335 e. The first-order chi connectivity index (χ1) is 10.0. The zero-order valence-corrected chi connectivity index (χ0v) is 12.3. The SMILES string of the molecule is CC(Cc1ccccn1)NC(=O)Nc1nnn(C(C)C)n1. The van der Waals surface area contributed by atoms with Crippen LogP contribution in [0.3, 0.4) is 0 Å². The third-order valence-corrected chi connectivity index (χ3v) is 2.73. The average molecular weight is 289 g/mol. The van der Waals surface area contributed by atoms with Gasteiger partial charge in [0.2, 0.25) is 0 Å². The lowest BCUT2D eigenvalue weighted by Gasteiger charge is -2.12. The fourth-order valence-corrected chi connectivity index (χ4v) is 1.74. The standard InChI is InChI=1S/C13H19N7O/c1-9(2)20-18-12(17-19-20)16-13(21)15-10(3)8-11-6-4-5-7-14-11/h4-7,9-10H,8H2,1-3H3,(H2,15,16,18,21). The number of carbonyl (C=O) groups excluding carboxylic acids is 1. The summed E-state index contributed by atoms with van der Waals surface area (Å²) in [6, 6.07) is 5.38. The molecule has 0 spiro atoms. The van der Waals surface area contributed by atoms with E-state index < -0.39 is 0 Å². The molecule has 0 fully saturated rings.